The van der Waals surface area contributed by atoms with Crippen molar-refractivity contribution >= 4 is 62.3 Å². The molecule has 0 saturated heterocycles. The standard InChI is InChI=1S/C35H33Cl3F3N3O4S/c1-22(2)42-34(46)32(17-24-7-5-4-6-8-24)43(20-25-11-12-26(36)18-31(25)38)33(45)21-44(49(47,48)28-14-9-23(3)10-15-28)27-13-16-30(37)29(19-27)35(39,40)41/h4-16,18-19,22,32H,17,20-21H2,1-3H3,(H,42,46)/t32-/m0/s1. The van der Waals surface area contributed by atoms with E-state index in [9.17, 15) is 31.2 Å². The maximum atomic E-state index is 14.5. The molecule has 4 rings (SSSR count). The van der Waals surface area contributed by atoms with Crippen LogP contribution >= 0.6 is 34.8 Å². The summed E-state index contributed by atoms with van der Waals surface area (Å²) in [4.78, 5) is 29.3. The number of carbonyl (C=O) groups is 2. The molecule has 0 aliphatic carbocycles. The highest BCUT2D eigenvalue weighted by Gasteiger charge is 2.38. The summed E-state index contributed by atoms with van der Waals surface area (Å²) in [5.74, 6) is -1.42. The van der Waals surface area contributed by atoms with E-state index in [1.54, 1.807) is 63.2 Å². The number of benzene rings is 4. The third-order valence-corrected chi connectivity index (χ3v) is 10.2. The molecule has 0 saturated carbocycles. The summed E-state index contributed by atoms with van der Waals surface area (Å²) >= 11 is 18.5. The van der Waals surface area contributed by atoms with E-state index in [1.165, 1.54) is 35.2 Å². The second-order valence-corrected chi connectivity index (χ2v) is 14.7. The Kier molecular flexibility index (Phi) is 12.3. The maximum absolute atomic E-state index is 14.5. The summed E-state index contributed by atoms with van der Waals surface area (Å²) in [6, 6.07) is 20.2. The van der Waals surface area contributed by atoms with Crippen molar-refractivity contribution in [3.8, 4) is 0 Å². The van der Waals surface area contributed by atoms with Crippen molar-refractivity contribution < 1.29 is 31.2 Å². The first-order valence-electron chi connectivity index (χ1n) is 15.0. The van der Waals surface area contributed by atoms with Crippen LogP contribution in [-0.2, 0) is 38.8 Å². The molecule has 0 aliphatic rings. The van der Waals surface area contributed by atoms with Gasteiger partial charge in [0.1, 0.15) is 12.6 Å². The van der Waals surface area contributed by atoms with Gasteiger partial charge in [-0.1, -0.05) is 88.9 Å². The number of hydrogen-bond donors (Lipinski definition) is 1. The van der Waals surface area contributed by atoms with Gasteiger partial charge in [0, 0.05) is 29.1 Å². The van der Waals surface area contributed by atoms with Crippen molar-refractivity contribution in [2.45, 2.75) is 56.9 Å². The number of nitrogens with one attached hydrogen (secondary N) is 1. The van der Waals surface area contributed by atoms with Crippen LogP contribution < -0.4 is 9.62 Å². The Hall–Kier alpha value is -3.77. The zero-order valence-corrected chi connectivity index (χ0v) is 29.7. The lowest BCUT2D eigenvalue weighted by atomic mass is 10.0. The zero-order chi connectivity index (χ0) is 36.1. The molecule has 0 unspecified atom stereocenters. The second-order valence-electron chi connectivity index (χ2n) is 11.6. The highest BCUT2D eigenvalue weighted by Crippen LogP contribution is 2.38. The number of sulfonamides is 1. The van der Waals surface area contributed by atoms with E-state index < -0.39 is 56.9 Å². The maximum Gasteiger partial charge on any atom is 0.417 e. The van der Waals surface area contributed by atoms with Crippen molar-refractivity contribution in [3.05, 3.63) is 128 Å². The van der Waals surface area contributed by atoms with E-state index >= 15 is 0 Å². The molecule has 14 heteroatoms. The minimum Gasteiger partial charge on any atom is -0.352 e. The molecule has 4 aromatic rings. The molecule has 0 radical (unpaired) electrons. The normalized spacial score (nSPS) is 12.4. The fourth-order valence-corrected chi connectivity index (χ4v) is 7.12. The molecule has 1 N–H and O–H groups in total. The van der Waals surface area contributed by atoms with Crippen LogP contribution in [0.15, 0.2) is 95.9 Å². The van der Waals surface area contributed by atoms with Crippen LogP contribution in [0.5, 0.6) is 0 Å². The fourth-order valence-electron chi connectivity index (χ4n) is 5.02. The van der Waals surface area contributed by atoms with E-state index in [0.29, 0.717) is 26.5 Å². The first kappa shape index (κ1) is 38.0. The Morgan fingerprint density at radius 2 is 1.51 bits per heavy atom. The van der Waals surface area contributed by atoms with Gasteiger partial charge in [-0.2, -0.15) is 13.2 Å². The zero-order valence-electron chi connectivity index (χ0n) is 26.6. The highest BCUT2D eigenvalue weighted by atomic mass is 35.5. The summed E-state index contributed by atoms with van der Waals surface area (Å²) in [6.45, 7) is 4.00. The first-order valence-corrected chi connectivity index (χ1v) is 17.6. The van der Waals surface area contributed by atoms with Gasteiger partial charge in [-0.05, 0) is 74.4 Å². The third kappa shape index (κ3) is 9.69. The molecule has 7 nitrogen and oxygen atoms in total. The fraction of sp³-hybridized carbons (Fsp3) is 0.257. The van der Waals surface area contributed by atoms with Gasteiger partial charge in [0.15, 0.2) is 0 Å². The predicted molar refractivity (Wildman–Crippen MR) is 186 cm³/mol. The van der Waals surface area contributed by atoms with Gasteiger partial charge in [0.2, 0.25) is 11.8 Å². The quantitative estimate of drug-likeness (QED) is 0.158. The summed E-state index contributed by atoms with van der Waals surface area (Å²) in [5.41, 5.74) is 0.0858. The lowest BCUT2D eigenvalue weighted by molar-refractivity contribution is -0.140. The van der Waals surface area contributed by atoms with E-state index in [2.05, 4.69) is 5.32 Å². The molecule has 260 valence electrons. The van der Waals surface area contributed by atoms with Crippen molar-refractivity contribution in [3.63, 3.8) is 0 Å². The van der Waals surface area contributed by atoms with Crippen molar-refractivity contribution in [1.82, 2.24) is 10.2 Å². The van der Waals surface area contributed by atoms with Crippen molar-refractivity contribution in [2.75, 3.05) is 10.8 Å². The van der Waals surface area contributed by atoms with Crippen molar-refractivity contribution in [1.29, 1.82) is 0 Å². The average molecular weight is 755 g/mol. The smallest absolute Gasteiger partial charge is 0.352 e. The summed E-state index contributed by atoms with van der Waals surface area (Å²) < 4.78 is 70.8. The lowest BCUT2D eigenvalue weighted by Crippen LogP contribution is -2.54. The topological polar surface area (TPSA) is 86.8 Å². The van der Waals surface area contributed by atoms with Crippen molar-refractivity contribution in [2.24, 2.45) is 0 Å². The molecule has 0 spiro atoms. The number of nitrogens with zero attached hydrogens (tertiary/aromatic N) is 2. The first-order chi connectivity index (χ1) is 23.0. The molecule has 0 bridgehead atoms. The molecule has 4 aromatic carbocycles. The van der Waals surface area contributed by atoms with Gasteiger partial charge in [0.25, 0.3) is 10.0 Å². The van der Waals surface area contributed by atoms with Gasteiger partial charge in [-0.15, -0.1) is 0 Å². The number of aryl methyl sites for hydroxylation is 1. The van der Waals surface area contributed by atoms with Gasteiger partial charge in [-0.3, -0.25) is 13.9 Å². The Morgan fingerprint density at radius 1 is 0.857 bits per heavy atom. The van der Waals surface area contributed by atoms with E-state index in [1.807, 2.05) is 0 Å². The van der Waals surface area contributed by atoms with Crippen LogP contribution in [0.1, 0.15) is 36.1 Å². The number of rotatable bonds is 12. The molecular formula is C35H33Cl3F3N3O4S. The molecule has 49 heavy (non-hydrogen) atoms. The average Bonchev–Trinajstić information content (AvgIpc) is 3.02. The largest absolute Gasteiger partial charge is 0.417 e. The van der Waals surface area contributed by atoms with Crippen LogP contribution in [0.3, 0.4) is 0 Å². The molecule has 0 heterocycles. The SMILES string of the molecule is Cc1ccc(S(=O)(=O)N(CC(=O)N(Cc2ccc(Cl)cc2Cl)[C@@H](Cc2ccccc2)C(=O)NC(C)C)c2ccc(Cl)c(C(F)(F)F)c2)cc1. The van der Waals surface area contributed by atoms with Crippen LogP contribution in [0.4, 0.5) is 18.9 Å². The van der Waals surface area contributed by atoms with Crippen LogP contribution in [0.25, 0.3) is 0 Å². The number of carbonyl (C=O) groups excluding carboxylic acids is 2. The summed E-state index contributed by atoms with van der Waals surface area (Å²) in [7, 11) is -4.65. The van der Waals surface area contributed by atoms with E-state index in [4.69, 9.17) is 34.8 Å². The van der Waals surface area contributed by atoms with Gasteiger partial charge in [0.05, 0.1) is 21.2 Å². The predicted octanol–water partition coefficient (Wildman–Crippen LogP) is 8.33. The molecule has 1 atom stereocenters. The summed E-state index contributed by atoms with van der Waals surface area (Å²) in [6.07, 6.45) is -4.90. The Balaban J connectivity index is 1.89. The molecule has 0 aliphatic heterocycles. The highest BCUT2D eigenvalue weighted by molar-refractivity contribution is 7.92. The second kappa shape index (κ2) is 15.8. The lowest BCUT2D eigenvalue weighted by Gasteiger charge is -2.34. The minimum absolute atomic E-state index is 0.0280. The van der Waals surface area contributed by atoms with E-state index in [0.717, 1.165) is 17.7 Å². The van der Waals surface area contributed by atoms with Crippen LogP contribution in [-0.4, -0.2) is 43.8 Å². The van der Waals surface area contributed by atoms with Gasteiger partial charge >= 0.3 is 6.18 Å². The number of hydrogen-bond acceptors (Lipinski definition) is 4. The van der Waals surface area contributed by atoms with Gasteiger partial charge in [-0.25, -0.2) is 8.42 Å². The van der Waals surface area contributed by atoms with Crippen LogP contribution in [0.2, 0.25) is 15.1 Å². The number of amides is 2. The number of alkyl halides is 3. The Labute approximate surface area is 298 Å². The van der Waals surface area contributed by atoms with Crippen LogP contribution in [0, 0.1) is 6.92 Å². The molecular weight excluding hydrogens is 722 g/mol. The monoisotopic (exact) mass is 753 g/mol. The molecule has 2 amide bonds. The Morgan fingerprint density at radius 3 is 2.10 bits per heavy atom. The van der Waals surface area contributed by atoms with Gasteiger partial charge < -0.3 is 10.2 Å². The Bertz CT molecular complexity index is 1910. The minimum atomic E-state index is -4.93. The van der Waals surface area contributed by atoms with E-state index in [-0.39, 0.29) is 28.9 Å². The molecule has 0 fully saturated rings. The number of anilines is 1. The molecule has 0 aromatic heterocycles. The third-order valence-electron chi connectivity index (χ3n) is 7.49. The summed E-state index contributed by atoms with van der Waals surface area (Å²) in [5, 5.41) is 2.68. The number of halogens is 6.